The Hall–Kier alpha value is -0.530. The van der Waals surface area contributed by atoms with Gasteiger partial charge in [0.25, 0.3) is 0 Å². The molecule has 0 spiro atoms. The molecule has 0 atom stereocenters. The fourth-order valence-electron chi connectivity index (χ4n) is 5.36. The van der Waals surface area contributed by atoms with Crippen LogP contribution in [0.4, 0.5) is 0 Å². The van der Waals surface area contributed by atoms with Crippen LogP contribution >= 0.6 is 0 Å². The third-order valence-electron chi connectivity index (χ3n) is 7.70. The predicted molar refractivity (Wildman–Crippen MR) is 147 cm³/mol. The van der Waals surface area contributed by atoms with E-state index in [0.717, 1.165) is 25.9 Å². The van der Waals surface area contributed by atoms with E-state index in [1.807, 2.05) is 0 Å². The minimum atomic E-state index is 0.398. The zero-order chi connectivity index (χ0) is 23.7. The lowest BCUT2D eigenvalue weighted by Crippen LogP contribution is -2.35. The van der Waals surface area contributed by atoms with Gasteiger partial charge in [0.1, 0.15) is 0 Å². The normalized spacial score (nSPS) is 14.3. The van der Waals surface area contributed by atoms with Crippen molar-refractivity contribution in [2.24, 2.45) is 0 Å². The van der Waals surface area contributed by atoms with E-state index >= 15 is 0 Å². The fraction of sp³-hybridized carbons (Fsp3) is 0.968. The lowest BCUT2D eigenvalue weighted by molar-refractivity contribution is -0.133. The average molecular weight is 464 g/mol. The van der Waals surface area contributed by atoms with Crippen LogP contribution in [-0.2, 0) is 4.79 Å². The Morgan fingerprint density at radius 2 is 0.818 bits per heavy atom. The smallest absolute Gasteiger partial charge is 0.222 e. The van der Waals surface area contributed by atoms with Crippen LogP contribution < -0.4 is 0 Å². The molecule has 2 nitrogen and oxygen atoms in total. The Balaban J connectivity index is 1.65. The zero-order valence-electron chi connectivity index (χ0n) is 22.9. The number of carbonyl (C=O) groups excluding carboxylic acids is 1. The van der Waals surface area contributed by atoms with Crippen LogP contribution in [0.25, 0.3) is 0 Å². The van der Waals surface area contributed by atoms with Gasteiger partial charge >= 0.3 is 0 Å². The molecule has 2 heteroatoms. The van der Waals surface area contributed by atoms with Gasteiger partial charge in [0.05, 0.1) is 0 Å². The van der Waals surface area contributed by atoms with Crippen molar-refractivity contribution in [1.82, 2.24) is 4.90 Å². The van der Waals surface area contributed by atoms with Gasteiger partial charge in [0, 0.05) is 19.5 Å². The van der Waals surface area contributed by atoms with Gasteiger partial charge in [-0.25, -0.2) is 0 Å². The summed E-state index contributed by atoms with van der Waals surface area (Å²) >= 11 is 0. The topological polar surface area (TPSA) is 20.3 Å². The summed E-state index contributed by atoms with van der Waals surface area (Å²) < 4.78 is 0. The Bertz CT molecular complexity index is 408. The van der Waals surface area contributed by atoms with Crippen LogP contribution in [0.3, 0.4) is 0 Å². The molecule has 196 valence electrons. The van der Waals surface area contributed by atoms with Crippen molar-refractivity contribution in [2.75, 3.05) is 13.1 Å². The molecule has 1 fully saturated rings. The summed E-state index contributed by atoms with van der Waals surface area (Å²) in [7, 11) is 0. The van der Waals surface area contributed by atoms with Crippen molar-refractivity contribution in [3.8, 4) is 0 Å². The molecule has 1 rings (SSSR count). The molecular formula is C31H61NO. The molecule has 0 bridgehead atoms. The third-order valence-corrected chi connectivity index (χ3v) is 7.70. The SMILES string of the molecule is CCCCCCCCCCCCCCCCCCCCCCCCCCN1CCCCC1=O. The summed E-state index contributed by atoms with van der Waals surface area (Å²) in [6, 6.07) is 0. The molecule has 0 aromatic carbocycles. The highest BCUT2D eigenvalue weighted by molar-refractivity contribution is 5.76. The monoisotopic (exact) mass is 463 g/mol. The number of hydrogen-bond donors (Lipinski definition) is 0. The van der Waals surface area contributed by atoms with Crippen molar-refractivity contribution in [3.05, 3.63) is 0 Å². The highest BCUT2D eigenvalue weighted by Crippen LogP contribution is 2.16. The first-order chi connectivity index (χ1) is 16.3. The molecule has 0 aliphatic carbocycles. The zero-order valence-corrected chi connectivity index (χ0v) is 22.9. The van der Waals surface area contributed by atoms with Crippen LogP contribution in [0, 0.1) is 0 Å². The number of rotatable bonds is 25. The summed E-state index contributed by atoms with van der Waals surface area (Å²) in [4.78, 5) is 13.9. The van der Waals surface area contributed by atoms with Gasteiger partial charge in [-0.3, -0.25) is 4.79 Å². The van der Waals surface area contributed by atoms with E-state index in [4.69, 9.17) is 0 Å². The molecule has 0 aromatic rings. The van der Waals surface area contributed by atoms with E-state index < -0.39 is 0 Å². The second-order valence-electron chi connectivity index (χ2n) is 11.0. The van der Waals surface area contributed by atoms with Crippen LogP contribution in [-0.4, -0.2) is 23.9 Å². The van der Waals surface area contributed by atoms with E-state index in [2.05, 4.69) is 11.8 Å². The second kappa shape index (κ2) is 24.6. The van der Waals surface area contributed by atoms with Gasteiger partial charge < -0.3 is 4.90 Å². The molecular weight excluding hydrogens is 402 g/mol. The molecule has 0 radical (unpaired) electrons. The Morgan fingerprint density at radius 1 is 0.485 bits per heavy atom. The Labute approximate surface area is 209 Å². The lowest BCUT2D eigenvalue weighted by atomic mass is 10.0. The number of carbonyl (C=O) groups is 1. The summed E-state index contributed by atoms with van der Waals surface area (Å²) in [5.41, 5.74) is 0. The van der Waals surface area contributed by atoms with Crippen molar-refractivity contribution in [3.63, 3.8) is 0 Å². The number of piperidine rings is 1. The molecule has 0 unspecified atom stereocenters. The largest absolute Gasteiger partial charge is 0.343 e. The lowest BCUT2D eigenvalue weighted by Gasteiger charge is -2.26. The fourth-order valence-corrected chi connectivity index (χ4v) is 5.36. The Morgan fingerprint density at radius 3 is 1.15 bits per heavy atom. The Kier molecular flexibility index (Phi) is 22.7. The van der Waals surface area contributed by atoms with Crippen LogP contribution in [0.2, 0.25) is 0 Å². The van der Waals surface area contributed by atoms with Crippen molar-refractivity contribution in [2.45, 2.75) is 180 Å². The van der Waals surface area contributed by atoms with Gasteiger partial charge in [-0.05, 0) is 19.3 Å². The highest BCUT2D eigenvalue weighted by atomic mass is 16.2. The van der Waals surface area contributed by atoms with Gasteiger partial charge in [0.2, 0.25) is 5.91 Å². The number of likely N-dealkylation sites (tertiary alicyclic amines) is 1. The van der Waals surface area contributed by atoms with Crippen LogP contribution in [0.5, 0.6) is 0 Å². The maximum absolute atomic E-state index is 11.8. The van der Waals surface area contributed by atoms with E-state index in [-0.39, 0.29) is 0 Å². The summed E-state index contributed by atoms with van der Waals surface area (Å²) in [5.74, 6) is 0.398. The summed E-state index contributed by atoms with van der Waals surface area (Å²) in [6.45, 7) is 4.32. The third kappa shape index (κ3) is 20.5. The van der Waals surface area contributed by atoms with Gasteiger partial charge in [-0.2, -0.15) is 0 Å². The van der Waals surface area contributed by atoms with E-state index in [1.54, 1.807) is 0 Å². The molecule has 1 aliphatic rings. The molecule has 0 aromatic heterocycles. The van der Waals surface area contributed by atoms with Crippen molar-refractivity contribution >= 4 is 5.91 Å². The van der Waals surface area contributed by atoms with E-state index in [1.165, 1.54) is 161 Å². The quantitative estimate of drug-likeness (QED) is 0.123. The summed E-state index contributed by atoms with van der Waals surface area (Å²) in [5, 5.41) is 0. The van der Waals surface area contributed by atoms with Crippen LogP contribution in [0.15, 0.2) is 0 Å². The molecule has 1 saturated heterocycles. The first-order valence-electron chi connectivity index (χ1n) is 15.6. The van der Waals surface area contributed by atoms with Crippen LogP contribution in [0.1, 0.15) is 180 Å². The maximum atomic E-state index is 11.8. The predicted octanol–water partition coefficient (Wildman–Crippen LogP) is 10.4. The second-order valence-corrected chi connectivity index (χ2v) is 11.0. The van der Waals surface area contributed by atoms with Crippen molar-refractivity contribution in [1.29, 1.82) is 0 Å². The van der Waals surface area contributed by atoms with Gasteiger partial charge in [-0.15, -0.1) is 0 Å². The molecule has 1 amide bonds. The molecule has 0 saturated carbocycles. The minimum Gasteiger partial charge on any atom is -0.343 e. The maximum Gasteiger partial charge on any atom is 0.222 e. The van der Waals surface area contributed by atoms with Crippen molar-refractivity contribution < 1.29 is 4.79 Å². The molecule has 1 heterocycles. The highest BCUT2D eigenvalue weighted by Gasteiger charge is 2.16. The van der Waals surface area contributed by atoms with E-state index in [9.17, 15) is 4.79 Å². The first-order valence-corrected chi connectivity index (χ1v) is 15.6. The molecule has 1 aliphatic heterocycles. The minimum absolute atomic E-state index is 0.398. The average Bonchev–Trinajstić information content (AvgIpc) is 2.83. The van der Waals surface area contributed by atoms with Gasteiger partial charge in [-0.1, -0.05) is 155 Å². The number of nitrogens with zero attached hydrogens (tertiary/aromatic N) is 1. The number of amides is 1. The van der Waals surface area contributed by atoms with E-state index in [0.29, 0.717) is 5.91 Å². The number of hydrogen-bond acceptors (Lipinski definition) is 1. The first kappa shape index (κ1) is 30.5. The number of unbranched alkanes of at least 4 members (excludes halogenated alkanes) is 23. The standard InChI is InChI=1S/C31H61NO/c1-2-3-4-5-6-7-8-9-10-11-12-13-14-15-16-17-18-19-20-21-22-23-24-26-29-32-30-27-25-28-31(32)33/h2-30H2,1H3. The molecule has 33 heavy (non-hydrogen) atoms. The van der Waals surface area contributed by atoms with Gasteiger partial charge in [0.15, 0.2) is 0 Å². The molecule has 0 N–H and O–H groups in total. The summed E-state index contributed by atoms with van der Waals surface area (Å²) in [6.07, 6.45) is 37.6.